The molecule has 0 aliphatic carbocycles. The maximum Gasteiger partial charge on any atom is 0.326 e. The summed E-state index contributed by atoms with van der Waals surface area (Å²) in [5.74, 6) is -0.932. The number of benzene rings is 1. The second-order valence-electron chi connectivity index (χ2n) is 4.84. The van der Waals surface area contributed by atoms with E-state index in [0.29, 0.717) is 18.7 Å². The Bertz CT molecular complexity index is 470. The molecule has 0 radical (unpaired) electrons. The zero-order valence-electron chi connectivity index (χ0n) is 10.9. The van der Waals surface area contributed by atoms with Crippen molar-refractivity contribution in [3.8, 4) is 0 Å². The van der Waals surface area contributed by atoms with Crippen LogP contribution in [0.25, 0.3) is 0 Å². The van der Waals surface area contributed by atoms with Crippen molar-refractivity contribution in [2.24, 2.45) is 0 Å². The maximum absolute atomic E-state index is 12.1. The van der Waals surface area contributed by atoms with E-state index in [2.05, 4.69) is 5.32 Å². The smallest absolute Gasteiger partial charge is 0.326 e. The van der Waals surface area contributed by atoms with Gasteiger partial charge in [-0.05, 0) is 38.3 Å². The molecule has 1 heterocycles. The minimum absolute atomic E-state index is 0.337. The van der Waals surface area contributed by atoms with Gasteiger partial charge in [0.05, 0.1) is 0 Å². The van der Waals surface area contributed by atoms with Gasteiger partial charge in [0, 0.05) is 12.2 Å². The van der Waals surface area contributed by atoms with Crippen molar-refractivity contribution in [3.05, 3.63) is 29.8 Å². The van der Waals surface area contributed by atoms with Crippen LogP contribution in [-0.4, -0.2) is 34.6 Å². The molecular weight excluding hydrogens is 244 g/mol. The van der Waals surface area contributed by atoms with Crippen LogP contribution in [0.4, 0.5) is 10.5 Å². The number of carbonyl (C=O) groups excluding carboxylic acids is 1. The first-order valence-corrected chi connectivity index (χ1v) is 6.45. The minimum Gasteiger partial charge on any atom is -0.480 e. The number of rotatable bonds is 2. The Kier molecular flexibility index (Phi) is 4.04. The summed E-state index contributed by atoms with van der Waals surface area (Å²) in [6.07, 6.45) is 2.23. The van der Waals surface area contributed by atoms with Crippen LogP contribution in [0.1, 0.15) is 24.8 Å². The largest absolute Gasteiger partial charge is 0.480 e. The summed E-state index contributed by atoms with van der Waals surface area (Å²) < 4.78 is 0. The molecule has 102 valence electrons. The summed E-state index contributed by atoms with van der Waals surface area (Å²) in [5, 5.41) is 11.9. The third-order valence-electron chi connectivity index (χ3n) is 3.35. The first-order chi connectivity index (χ1) is 9.08. The number of likely N-dealkylation sites (tertiary alicyclic amines) is 1. The lowest BCUT2D eigenvalue weighted by Gasteiger charge is -2.32. The number of anilines is 1. The van der Waals surface area contributed by atoms with E-state index in [9.17, 15) is 9.59 Å². The van der Waals surface area contributed by atoms with E-state index in [-0.39, 0.29) is 6.03 Å². The molecule has 1 aromatic carbocycles. The van der Waals surface area contributed by atoms with Crippen LogP contribution in [0, 0.1) is 6.92 Å². The van der Waals surface area contributed by atoms with Crippen LogP contribution >= 0.6 is 0 Å². The molecule has 0 spiro atoms. The number of hydrogen-bond acceptors (Lipinski definition) is 2. The SMILES string of the molecule is Cc1ccc(NC(=O)N2CCCC[C@H]2C(=O)O)cc1. The van der Waals surface area contributed by atoms with Crippen molar-refractivity contribution >= 4 is 17.7 Å². The standard InChI is InChI=1S/C14H18N2O3/c1-10-5-7-11(8-6-10)15-14(19)16-9-3-2-4-12(16)13(17)18/h5-8,12H,2-4,9H2,1H3,(H,15,19)(H,17,18)/t12-/m0/s1. The quantitative estimate of drug-likeness (QED) is 0.860. The van der Waals surface area contributed by atoms with Crippen LogP contribution in [-0.2, 0) is 4.79 Å². The van der Waals surface area contributed by atoms with Crippen molar-refractivity contribution in [1.29, 1.82) is 0 Å². The fraction of sp³-hybridized carbons (Fsp3) is 0.429. The van der Waals surface area contributed by atoms with Gasteiger partial charge in [-0.1, -0.05) is 17.7 Å². The minimum atomic E-state index is -0.932. The lowest BCUT2D eigenvalue weighted by molar-refractivity contribution is -0.143. The van der Waals surface area contributed by atoms with Crippen molar-refractivity contribution in [2.75, 3.05) is 11.9 Å². The number of carboxylic acids is 1. The summed E-state index contributed by atoms with van der Waals surface area (Å²) >= 11 is 0. The highest BCUT2D eigenvalue weighted by molar-refractivity contribution is 5.92. The molecule has 1 saturated heterocycles. The van der Waals surface area contributed by atoms with Gasteiger partial charge >= 0.3 is 12.0 Å². The Hall–Kier alpha value is -2.04. The molecule has 0 unspecified atom stereocenters. The number of aliphatic carboxylic acids is 1. The van der Waals surface area contributed by atoms with Gasteiger partial charge in [-0.3, -0.25) is 0 Å². The summed E-state index contributed by atoms with van der Waals surface area (Å²) in [5.41, 5.74) is 1.80. The molecule has 2 rings (SSSR count). The Balaban J connectivity index is 2.05. The first-order valence-electron chi connectivity index (χ1n) is 6.45. The fourth-order valence-corrected chi connectivity index (χ4v) is 2.26. The molecule has 5 heteroatoms. The molecule has 1 aliphatic rings. The van der Waals surface area contributed by atoms with E-state index in [0.717, 1.165) is 18.4 Å². The zero-order valence-corrected chi connectivity index (χ0v) is 10.9. The Morgan fingerprint density at radius 1 is 1.26 bits per heavy atom. The summed E-state index contributed by atoms with van der Waals surface area (Å²) in [6, 6.07) is 6.39. The Morgan fingerprint density at radius 3 is 2.58 bits per heavy atom. The summed E-state index contributed by atoms with van der Waals surface area (Å²) in [6.45, 7) is 2.46. The number of amides is 2. The first kappa shape index (κ1) is 13.4. The van der Waals surface area contributed by atoms with Gasteiger partial charge in [-0.15, -0.1) is 0 Å². The molecule has 1 aliphatic heterocycles. The second kappa shape index (κ2) is 5.73. The number of urea groups is 1. The van der Waals surface area contributed by atoms with Gasteiger partial charge in [0.25, 0.3) is 0 Å². The van der Waals surface area contributed by atoms with Crippen molar-refractivity contribution in [2.45, 2.75) is 32.2 Å². The van der Waals surface area contributed by atoms with E-state index >= 15 is 0 Å². The zero-order chi connectivity index (χ0) is 13.8. The molecule has 1 atom stereocenters. The average molecular weight is 262 g/mol. The van der Waals surface area contributed by atoms with Gasteiger partial charge in [0.2, 0.25) is 0 Å². The molecule has 1 aromatic rings. The van der Waals surface area contributed by atoms with Crippen molar-refractivity contribution < 1.29 is 14.7 Å². The third-order valence-corrected chi connectivity index (χ3v) is 3.35. The predicted octanol–water partition coefficient (Wildman–Crippen LogP) is 2.47. The number of carboxylic acid groups (broad SMARTS) is 1. The molecule has 1 fully saturated rings. The fourth-order valence-electron chi connectivity index (χ4n) is 2.26. The van der Waals surface area contributed by atoms with E-state index in [1.54, 1.807) is 0 Å². The third kappa shape index (κ3) is 3.24. The molecule has 0 bridgehead atoms. The highest BCUT2D eigenvalue weighted by Gasteiger charge is 2.31. The van der Waals surface area contributed by atoms with E-state index in [1.165, 1.54) is 4.90 Å². The highest BCUT2D eigenvalue weighted by Crippen LogP contribution is 2.19. The van der Waals surface area contributed by atoms with Gasteiger partial charge in [0.15, 0.2) is 0 Å². The van der Waals surface area contributed by atoms with Crippen LogP contribution in [0.2, 0.25) is 0 Å². The molecule has 2 amide bonds. The number of nitrogens with one attached hydrogen (secondary N) is 1. The molecule has 0 aromatic heterocycles. The van der Waals surface area contributed by atoms with Gasteiger partial charge in [-0.2, -0.15) is 0 Å². The average Bonchev–Trinajstić information content (AvgIpc) is 2.41. The van der Waals surface area contributed by atoms with Crippen LogP contribution in [0.15, 0.2) is 24.3 Å². The highest BCUT2D eigenvalue weighted by atomic mass is 16.4. The number of aryl methyl sites for hydroxylation is 1. The van der Waals surface area contributed by atoms with Gasteiger partial charge in [-0.25, -0.2) is 9.59 Å². The molecular formula is C14H18N2O3. The Morgan fingerprint density at radius 2 is 1.95 bits per heavy atom. The molecule has 2 N–H and O–H groups in total. The van der Waals surface area contributed by atoms with Gasteiger partial charge < -0.3 is 15.3 Å². The molecule has 19 heavy (non-hydrogen) atoms. The monoisotopic (exact) mass is 262 g/mol. The normalized spacial score (nSPS) is 19.0. The lowest BCUT2D eigenvalue weighted by Crippen LogP contribution is -2.49. The van der Waals surface area contributed by atoms with Crippen molar-refractivity contribution in [1.82, 2.24) is 4.90 Å². The number of piperidine rings is 1. The van der Waals surface area contributed by atoms with Crippen LogP contribution in [0.3, 0.4) is 0 Å². The van der Waals surface area contributed by atoms with Gasteiger partial charge in [0.1, 0.15) is 6.04 Å². The maximum atomic E-state index is 12.1. The topological polar surface area (TPSA) is 69.6 Å². The molecule has 0 saturated carbocycles. The van der Waals surface area contributed by atoms with Crippen LogP contribution in [0.5, 0.6) is 0 Å². The summed E-state index contributed by atoms with van der Waals surface area (Å²) in [7, 11) is 0. The number of hydrogen-bond donors (Lipinski definition) is 2. The lowest BCUT2D eigenvalue weighted by atomic mass is 10.0. The molecule has 5 nitrogen and oxygen atoms in total. The number of nitrogens with zero attached hydrogens (tertiary/aromatic N) is 1. The van der Waals surface area contributed by atoms with E-state index in [1.807, 2.05) is 31.2 Å². The van der Waals surface area contributed by atoms with Crippen LogP contribution < -0.4 is 5.32 Å². The number of carbonyl (C=O) groups is 2. The Labute approximate surface area is 112 Å². The predicted molar refractivity (Wildman–Crippen MR) is 72.2 cm³/mol. The van der Waals surface area contributed by atoms with E-state index in [4.69, 9.17) is 5.11 Å². The van der Waals surface area contributed by atoms with E-state index < -0.39 is 12.0 Å². The van der Waals surface area contributed by atoms with Crippen molar-refractivity contribution in [3.63, 3.8) is 0 Å². The summed E-state index contributed by atoms with van der Waals surface area (Å²) in [4.78, 5) is 24.7. The second-order valence-corrected chi connectivity index (χ2v) is 4.84.